The second-order valence-corrected chi connectivity index (χ2v) is 6.86. The highest BCUT2D eigenvalue weighted by Gasteiger charge is 2.22. The van der Waals surface area contributed by atoms with Crippen LogP contribution < -0.4 is 5.32 Å². The third kappa shape index (κ3) is 2.81. The number of fused-ring (bicyclic) bond motifs is 1. The summed E-state index contributed by atoms with van der Waals surface area (Å²) in [7, 11) is 0. The number of rotatable bonds is 2. The Labute approximate surface area is 118 Å². The molecule has 0 bridgehead atoms. The molecule has 2 unspecified atom stereocenters. The zero-order chi connectivity index (χ0) is 13.4. The lowest BCUT2D eigenvalue weighted by atomic mass is 10.1. The Bertz CT molecular complexity index is 578. The Morgan fingerprint density at radius 2 is 2.26 bits per heavy atom. The average Bonchev–Trinajstić information content (AvgIpc) is 2.73. The summed E-state index contributed by atoms with van der Waals surface area (Å²) in [5.41, 5.74) is 2.53. The Balaban J connectivity index is 1.80. The minimum absolute atomic E-state index is 0.589. The molecule has 1 fully saturated rings. The second-order valence-electron chi connectivity index (χ2n) is 5.62. The number of hydrogen-bond acceptors (Lipinski definition) is 4. The summed E-state index contributed by atoms with van der Waals surface area (Å²) in [5.74, 6) is 0. The second kappa shape index (κ2) is 5.19. The van der Waals surface area contributed by atoms with Crippen LogP contribution in [0.15, 0.2) is 18.2 Å². The van der Waals surface area contributed by atoms with E-state index in [1.165, 1.54) is 10.3 Å². The van der Waals surface area contributed by atoms with Crippen molar-refractivity contribution in [3.63, 3.8) is 0 Å². The lowest BCUT2D eigenvalue weighted by Crippen LogP contribution is -2.53. The number of piperazine rings is 1. The first kappa shape index (κ1) is 13.0. The summed E-state index contributed by atoms with van der Waals surface area (Å²) in [6, 6.07) is 7.88. The molecule has 1 aromatic heterocycles. The summed E-state index contributed by atoms with van der Waals surface area (Å²) in [5, 5.41) is 4.68. The highest BCUT2D eigenvalue weighted by atomic mass is 32.1. The van der Waals surface area contributed by atoms with Crippen LogP contribution in [0.25, 0.3) is 10.2 Å². The molecule has 2 aromatic rings. The van der Waals surface area contributed by atoms with Crippen LogP contribution in [0, 0.1) is 6.92 Å². The van der Waals surface area contributed by atoms with Crippen LogP contribution in [0.4, 0.5) is 0 Å². The van der Waals surface area contributed by atoms with Crippen molar-refractivity contribution in [3.05, 3.63) is 28.8 Å². The van der Waals surface area contributed by atoms with Crippen LogP contribution >= 0.6 is 11.3 Å². The van der Waals surface area contributed by atoms with Crippen molar-refractivity contribution in [1.82, 2.24) is 15.2 Å². The van der Waals surface area contributed by atoms with E-state index in [-0.39, 0.29) is 0 Å². The largest absolute Gasteiger partial charge is 0.311 e. The smallest absolute Gasteiger partial charge is 0.0907 e. The van der Waals surface area contributed by atoms with E-state index in [4.69, 9.17) is 0 Å². The standard InChI is InChI=1S/C15H21N3S/c1-10-8-18(11(2)7-16-10)9-13-4-5-14-15(6-13)19-12(3)17-14/h4-6,10-11,16H,7-9H2,1-3H3. The summed E-state index contributed by atoms with van der Waals surface area (Å²) in [4.78, 5) is 7.09. The number of aryl methyl sites for hydroxylation is 1. The van der Waals surface area contributed by atoms with Gasteiger partial charge in [-0.25, -0.2) is 4.98 Å². The van der Waals surface area contributed by atoms with Gasteiger partial charge in [-0.1, -0.05) is 6.07 Å². The monoisotopic (exact) mass is 275 g/mol. The maximum atomic E-state index is 4.52. The van der Waals surface area contributed by atoms with Gasteiger partial charge >= 0.3 is 0 Å². The number of benzene rings is 1. The summed E-state index contributed by atoms with van der Waals surface area (Å²) >= 11 is 1.79. The van der Waals surface area contributed by atoms with Gasteiger partial charge in [0.25, 0.3) is 0 Å². The van der Waals surface area contributed by atoms with E-state index in [9.17, 15) is 0 Å². The first-order valence-corrected chi connectivity index (χ1v) is 7.77. The molecule has 19 heavy (non-hydrogen) atoms. The van der Waals surface area contributed by atoms with Gasteiger partial charge < -0.3 is 5.32 Å². The molecule has 0 amide bonds. The highest BCUT2D eigenvalue weighted by Crippen LogP contribution is 2.23. The number of hydrogen-bond donors (Lipinski definition) is 1. The third-order valence-electron chi connectivity index (χ3n) is 3.84. The van der Waals surface area contributed by atoms with E-state index in [0.29, 0.717) is 12.1 Å². The molecule has 1 saturated heterocycles. The van der Waals surface area contributed by atoms with Crippen molar-refractivity contribution in [2.75, 3.05) is 13.1 Å². The highest BCUT2D eigenvalue weighted by molar-refractivity contribution is 7.18. The van der Waals surface area contributed by atoms with E-state index in [1.807, 2.05) is 0 Å². The van der Waals surface area contributed by atoms with Crippen LogP contribution in [0.1, 0.15) is 24.4 Å². The third-order valence-corrected chi connectivity index (χ3v) is 4.77. The molecule has 102 valence electrons. The Morgan fingerprint density at radius 3 is 3.11 bits per heavy atom. The van der Waals surface area contributed by atoms with Gasteiger partial charge in [0, 0.05) is 31.7 Å². The number of nitrogens with zero attached hydrogens (tertiary/aromatic N) is 2. The molecule has 1 N–H and O–H groups in total. The zero-order valence-electron chi connectivity index (χ0n) is 11.8. The van der Waals surface area contributed by atoms with Crippen molar-refractivity contribution >= 4 is 21.6 Å². The summed E-state index contributed by atoms with van der Waals surface area (Å²) in [6.45, 7) is 9.89. The van der Waals surface area contributed by atoms with Crippen LogP contribution in [0.5, 0.6) is 0 Å². The number of nitrogens with one attached hydrogen (secondary N) is 1. The molecule has 2 atom stereocenters. The lowest BCUT2D eigenvalue weighted by Gasteiger charge is -2.37. The molecule has 4 heteroatoms. The first-order chi connectivity index (χ1) is 9.11. The van der Waals surface area contributed by atoms with Gasteiger partial charge in [0.1, 0.15) is 0 Å². The van der Waals surface area contributed by atoms with Crippen LogP contribution in [-0.4, -0.2) is 35.1 Å². The van der Waals surface area contributed by atoms with Crippen LogP contribution in [0.2, 0.25) is 0 Å². The molecular weight excluding hydrogens is 254 g/mol. The van der Waals surface area contributed by atoms with Gasteiger partial charge in [-0.2, -0.15) is 0 Å². The Kier molecular flexibility index (Phi) is 3.56. The van der Waals surface area contributed by atoms with Gasteiger partial charge in [-0.3, -0.25) is 4.90 Å². The minimum atomic E-state index is 0.589. The normalized spacial score (nSPS) is 25.0. The van der Waals surface area contributed by atoms with Crippen LogP contribution in [-0.2, 0) is 6.54 Å². The minimum Gasteiger partial charge on any atom is -0.311 e. The topological polar surface area (TPSA) is 28.2 Å². The molecule has 1 aromatic carbocycles. The molecule has 1 aliphatic heterocycles. The predicted molar refractivity (Wildman–Crippen MR) is 81.7 cm³/mol. The van der Waals surface area contributed by atoms with Crippen molar-refractivity contribution in [1.29, 1.82) is 0 Å². The first-order valence-electron chi connectivity index (χ1n) is 6.95. The van der Waals surface area contributed by atoms with E-state index in [2.05, 4.69) is 54.2 Å². The van der Waals surface area contributed by atoms with E-state index >= 15 is 0 Å². The van der Waals surface area contributed by atoms with Gasteiger partial charge in [0.05, 0.1) is 15.2 Å². The molecule has 0 radical (unpaired) electrons. The molecule has 1 aliphatic rings. The summed E-state index contributed by atoms with van der Waals surface area (Å²) in [6.07, 6.45) is 0. The predicted octanol–water partition coefficient (Wildman–Crippen LogP) is 2.79. The van der Waals surface area contributed by atoms with E-state index in [0.717, 1.165) is 30.2 Å². The fraction of sp³-hybridized carbons (Fsp3) is 0.533. The van der Waals surface area contributed by atoms with Gasteiger partial charge in [0.2, 0.25) is 0 Å². The fourth-order valence-electron chi connectivity index (χ4n) is 2.73. The maximum Gasteiger partial charge on any atom is 0.0907 e. The van der Waals surface area contributed by atoms with Crippen molar-refractivity contribution in [2.45, 2.75) is 39.4 Å². The fourth-order valence-corrected chi connectivity index (χ4v) is 3.63. The average molecular weight is 275 g/mol. The SMILES string of the molecule is Cc1nc2ccc(CN3CC(C)NCC3C)cc2s1. The molecule has 0 spiro atoms. The van der Waals surface area contributed by atoms with Crippen molar-refractivity contribution < 1.29 is 0 Å². The van der Waals surface area contributed by atoms with Gasteiger partial charge in [-0.05, 0) is 38.5 Å². The quantitative estimate of drug-likeness (QED) is 0.913. The summed E-state index contributed by atoms with van der Waals surface area (Å²) < 4.78 is 1.31. The molecule has 3 rings (SSSR count). The Hall–Kier alpha value is -0.970. The van der Waals surface area contributed by atoms with Gasteiger partial charge in [0.15, 0.2) is 0 Å². The lowest BCUT2D eigenvalue weighted by molar-refractivity contribution is 0.139. The van der Waals surface area contributed by atoms with Crippen LogP contribution in [0.3, 0.4) is 0 Å². The molecule has 0 saturated carbocycles. The number of aromatic nitrogens is 1. The number of thiazole rings is 1. The van der Waals surface area contributed by atoms with Crippen molar-refractivity contribution in [2.24, 2.45) is 0 Å². The van der Waals surface area contributed by atoms with E-state index < -0.39 is 0 Å². The molecule has 2 heterocycles. The Morgan fingerprint density at radius 1 is 1.42 bits per heavy atom. The van der Waals surface area contributed by atoms with Gasteiger partial charge in [-0.15, -0.1) is 11.3 Å². The molecular formula is C15H21N3S. The molecule has 3 nitrogen and oxygen atoms in total. The van der Waals surface area contributed by atoms with E-state index in [1.54, 1.807) is 11.3 Å². The zero-order valence-corrected chi connectivity index (χ0v) is 12.6. The van der Waals surface area contributed by atoms with Crippen molar-refractivity contribution in [3.8, 4) is 0 Å². The maximum absolute atomic E-state index is 4.52. The molecule has 0 aliphatic carbocycles.